The van der Waals surface area contributed by atoms with Gasteiger partial charge < -0.3 is 9.55 Å². The van der Waals surface area contributed by atoms with Gasteiger partial charge in [-0.15, -0.1) is 24.8 Å². The number of likely N-dealkylation sites (tertiary alicyclic amines) is 1. The topological polar surface area (TPSA) is 29.5 Å². The Morgan fingerprint density at radius 1 is 1.19 bits per heavy atom. The van der Waals surface area contributed by atoms with Gasteiger partial charge in [-0.2, -0.15) is 0 Å². The molecule has 6 heteroatoms. The van der Waals surface area contributed by atoms with Crippen molar-refractivity contribution in [2.75, 3.05) is 19.6 Å². The first-order valence-electron chi connectivity index (χ1n) is 9.57. The fourth-order valence-electron chi connectivity index (χ4n) is 3.70. The van der Waals surface area contributed by atoms with E-state index in [-0.39, 0.29) is 36.7 Å². The monoisotopic (exact) mass is 401 g/mol. The summed E-state index contributed by atoms with van der Waals surface area (Å²) in [5, 5.41) is 0. The molecule has 1 aromatic rings. The number of unbranched alkanes of at least 4 members (excludes halogenated alkanes) is 1. The molecule has 0 spiro atoms. The number of carbonyl (C=O) groups is 1. The van der Waals surface area contributed by atoms with Crippen molar-refractivity contribution in [2.45, 2.75) is 51.9 Å². The van der Waals surface area contributed by atoms with Gasteiger partial charge in [0.15, 0.2) is 0 Å². The molecular formula is C20H34BCl2NO2. The molecule has 1 atom stereocenters. The molecule has 1 aliphatic heterocycles. The standard InChI is InChI=1S/C20H32BNO2.2ClH/c1-2-3-9-19(20(23)24-21)12-15-22-13-10-18(11-14-22)16-17-7-5-4-6-8-17;;/h4-8,18-19H,2-3,9-16,21H2,1H3;2*1H. The van der Waals surface area contributed by atoms with Gasteiger partial charge in [-0.05, 0) is 63.2 Å². The molecule has 3 nitrogen and oxygen atoms in total. The van der Waals surface area contributed by atoms with Gasteiger partial charge in [0.25, 0.3) is 5.97 Å². The molecule has 1 saturated heterocycles. The van der Waals surface area contributed by atoms with Crippen molar-refractivity contribution in [3.05, 3.63) is 35.9 Å². The van der Waals surface area contributed by atoms with Crippen LogP contribution in [0.3, 0.4) is 0 Å². The van der Waals surface area contributed by atoms with E-state index in [1.54, 1.807) is 0 Å². The molecule has 0 N–H and O–H groups in total. The SMILES string of the molecule is BOC(=O)C(CCCC)CCN1CCC(Cc2ccccc2)CC1.Cl.Cl. The molecular weight excluding hydrogens is 368 g/mol. The van der Waals surface area contributed by atoms with Crippen LogP contribution in [0.5, 0.6) is 0 Å². The fourth-order valence-corrected chi connectivity index (χ4v) is 3.70. The molecule has 1 heterocycles. The van der Waals surface area contributed by atoms with Crippen LogP contribution in [0.2, 0.25) is 0 Å². The van der Waals surface area contributed by atoms with Gasteiger partial charge in [0.05, 0.1) is 5.92 Å². The lowest BCUT2D eigenvalue weighted by molar-refractivity contribution is -0.139. The van der Waals surface area contributed by atoms with Crippen molar-refractivity contribution < 1.29 is 9.45 Å². The molecule has 2 rings (SSSR count). The quantitative estimate of drug-likeness (QED) is 0.584. The Morgan fingerprint density at radius 2 is 1.85 bits per heavy atom. The summed E-state index contributed by atoms with van der Waals surface area (Å²) >= 11 is 0. The average Bonchev–Trinajstić information content (AvgIpc) is 2.63. The summed E-state index contributed by atoms with van der Waals surface area (Å²) in [6.45, 7) is 5.53. The third-order valence-electron chi connectivity index (χ3n) is 5.31. The van der Waals surface area contributed by atoms with E-state index in [0.29, 0.717) is 0 Å². The number of rotatable bonds is 9. The molecule has 1 fully saturated rings. The van der Waals surface area contributed by atoms with E-state index in [1.165, 1.54) is 46.0 Å². The van der Waals surface area contributed by atoms with E-state index in [2.05, 4.69) is 42.2 Å². The normalized spacial score (nSPS) is 16.2. The van der Waals surface area contributed by atoms with Crippen LogP contribution in [0.15, 0.2) is 30.3 Å². The minimum Gasteiger partial charge on any atom is -0.543 e. The first-order chi connectivity index (χ1) is 11.7. The van der Waals surface area contributed by atoms with E-state index in [9.17, 15) is 4.79 Å². The molecule has 148 valence electrons. The summed E-state index contributed by atoms with van der Waals surface area (Å²) < 4.78 is 4.98. The smallest absolute Gasteiger partial charge is 0.325 e. The minimum atomic E-state index is -0.0255. The molecule has 1 unspecified atom stereocenters. The molecule has 1 aliphatic rings. The second-order valence-corrected chi connectivity index (χ2v) is 7.13. The van der Waals surface area contributed by atoms with Crippen LogP contribution < -0.4 is 0 Å². The van der Waals surface area contributed by atoms with Gasteiger partial charge in [0, 0.05) is 0 Å². The maximum Gasteiger partial charge on any atom is 0.325 e. The highest BCUT2D eigenvalue weighted by molar-refractivity contribution is 6.05. The van der Waals surface area contributed by atoms with Crippen LogP contribution in [0.1, 0.15) is 51.0 Å². The molecule has 0 bridgehead atoms. The van der Waals surface area contributed by atoms with Gasteiger partial charge in [0.2, 0.25) is 0 Å². The Bertz CT molecular complexity index is 482. The third-order valence-corrected chi connectivity index (χ3v) is 5.31. The van der Waals surface area contributed by atoms with Gasteiger partial charge in [-0.3, -0.25) is 4.79 Å². The lowest BCUT2D eigenvalue weighted by atomic mass is 9.89. The Morgan fingerprint density at radius 3 is 2.42 bits per heavy atom. The molecule has 1 aromatic carbocycles. The van der Waals surface area contributed by atoms with Crippen LogP contribution in [-0.4, -0.2) is 38.6 Å². The fraction of sp³-hybridized carbons (Fsp3) is 0.650. The second kappa shape index (κ2) is 14.4. The lowest BCUT2D eigenvalue weighted by Crippen LogP contribution is -2.36. The van der Waals surface area contributed by atoms with E-state index in [0.717, 1.165) is 38.1 Å². The van der Waals surface area contributed by atoms with Crippen molar-refractivity contribution in [3.63, 3.8) is 0 Å². The Labute approximate surface area is 172 Å². The van der Waals surface area contributed by atoms with Gasteiger partial charge >= 0.3 is 8.05 Å². The van der Waals surface area contributed by atoms with E-state index in [1.807, 2.05) is 0 Å². The van der Waals surface area contributed by atoms with Crippen LogP contribution in [-0.2, 0) is 15.9 Å². The summed E-state index contributed by atoms with van der Waals surface area (Å²) in [7, 11) is 1.51. The number of halogens is 2. The molecule has 0 aliphatic carbocycles. The van der Waals surface area contributed by atoms with Gasteiger partial charge in [-0.1, -0.05) is 50.1 Å². The Hall–Kier alpha value is -0.705. The third kappa shape index (κ3) is 8.79. The molecule has 0 aromatic heterocycles. The van der Waals surface area contributed by atoms with E-state index in [4.69, 9.17) is 4.65 Å². The zero-order valence-corrected chi connectivity index (χ0v) is 17.8. The average molecular weight is 402 g/mol. The summed E-state index contributed by atoms with van der Waals surface area (Å²) in [6.07, 6.45) is 7.90. The first kappa shape index (κ1) is 25.3. The highest BCUT2D eigenvalue weighted by Crippen LogP contribution is 2.23. The number of nitrogens with zero attached hydrogens (tertiary/aromatic N) is 1. The van der Waals surface area contributed by atoms with E-state index >= 15 is 0 Å². The second-order valence-electron chi connectivity index (χ2n) is 7.13. The molecule has 0 saturated carbocycles. The number of hydrogen-bond acceptors (Lipinski definition) is 3. The molecule has 0 radical (unpaired) electrons. The summed E-state index contributed by atoms with van der Waals surface area (Å²) in [5.74, 6) is 0.861. The highest BCUT2D eigenvalue weighted by atomic mass is 35.5. The lowest BCUT2D eigenvalue weighted by Gasteiger charge is -2.32. The number of piperidine rings is 1. The number of hydrogen-bond donors (Lipinski definition) is 0. The minimum absolute atomic E-state index is 0. The summed E-state index contributed by atoms with van der Waals surface area (Å²) in [4.78, 5) is 14.4. The Kier molecular flexibility index (Phi) is 14.0. The van der Waals surface area contributed by atoms with Gasteiger partial charge in [-0.25, -0.2) is 0 Å². The maximum absolute atomic E-state index is 11.9. The highest BCUT2D eigenvalue weighted by Gasteiger charge is 2.22. The predicted octanol–water partition coefficient (Wildman–Crippen LogP) is 4.07. The van der Waals surface area contributed by atoms with Crippen LogP contribution in [0.4, 0.5) is 0 Å². The van der Waals surface area contributed by atoms with Crippen molar-refractivity contribution >= 4 is 38.8 Å². The van der Waals surface area contributed by atoms with Crippen molar-refractivity contribution in [3.8, 4) is 0 Å². The maximum atomic E-state index is 11.9. The van der Waals surface area contributed by atoms with Crippen molar-refractivity contribution in [1.29, 1.82) is 0 Å². The van der Waals surface area contributed by atoms with Gasteiger partial charge in [0.1, 0.15) is 0 Å². The molecule has 26 heavy (non-hydrogen) atoms. The summed E-state index contributed by atoms with van der Waals surface area (Å²) in [5.41, 5.74) is 1.46. The zero-order chi connectivity index (χ0) is 17.2. The van der Waals surface area contributed by atoms with Crippen LogP contribution in [0.25, 0.3) is 0 Å². The Balaban J connectivity index is 0.00000312. The summed E-state index contributed by atoms with van der Waals surface area (Å²) in [6, 6.07) is 10.8. The van der Waals surface area contributed by atoms with Crippen molar-refractivity contribution in [2.24, 2.45) is 11.8 Å². The van der Waals surface area contributed by atoms with Crippen LogP contribution >= 0.6 is 24.8 Å². The van der Waals surface area contributed by atoms with E-state index < -0.39 is 0 Å². The number of benzene rings is 1. The van der Waals surface area contributed by atoms with Crippen LogP contribution in [0, 0.1) is 11.8 Å². The first-order valence-corrected chi connectivity index (χ1v) is 9.57. The number of carbonyl (C=O) groups excluding carboxylic acids is 1. The molecule has 0 amide bonds. The van der Waals surface area contributed by atoms with Crippen molar-refractivity contribution in [1.82, 2.24) is 4.90 Å². The largest absolute Gasteiger partial charge is 0.543 e. The predicted molar refractivity (Wildman–Crippen MR) is 116 cm³/mol. The zero-order valence-electron chi connectivity index (χ0n) is 16.2.